The molecule has 6 nitrogen and oxygen atoms in total. The summed E-state index contributed by atoms with van der Waals surface area (Å²) >= 11 is 0. The molecule has 0 bridgehead atoms. The molecule has 0 unspecified atom stereocenters. The van der Waals surface area contributed by atoms with E-state index in [0.717, 1.165) is 6.42 Å². The maximum atomic E-state index is 11.9. The molecular formula is C15H16N4O2. The summed E-state index contributed by atoms with van der Waals surface area (Å²) in [6, 6.07) is 6.70. The van der Waals surface area contributed by atoms with Crippen LogP contribution in [0.3, 0.4) is 0 Å². The van der Waals surface area contributed by atoms with E-state index in [1.54, 1.807) is 30.5 Å². The van der Waals surface area contributed by atoms with Crippen LogP contribution < -0.4 is 10.6 Å². The lowest BCUT2D eigenvalue weighted by Crippen LogP contribution is -2.14. The van der Waals surface area contributed by atoms with Gasteiger partial charge in [0.15, 0.2) is 0 Å². The summed E-state index contributed by atoms with van der Waals surface area (Å²) in [6.07, 6.45) is 5.83. The molecule has 0 aromatic carbocycles. The molecule has 2 heterocycles. The van der Waals surface area contributed by atoms with Gasteiger partial charge in [-0.15, -0.1) is 0 Å². The molecule has 0 aliphatic carbocycles. The molecule has 2 rings (SSSR count). The van der Waals surface area contributed by atoms with Gasteiger partial charge in [-0.1, -0.05) is 6.92 Å². The van der Waals surface area contributed by atoms with E-state index in [-0.39, 0.29) is 11.8 Å². The summed E-state index contributed by atoms with van der Waals surface area (Å²) in [4.78, 5) is 31.3. The average molecular weight is 284 g/mol. The van der Waals surface area contributed by atoms with Gasteiger partial charge in [-0.25, -0.2) is 4.98 Å². The third kappa shape index (κ3) is 4.38. The van der Waals surface area contributed by atoms with Crippen molar-refractivity contribution in [3.8, 4) is 0 Å². The Bertz CT molecular complexity index is 611. The van der Waals surface area contributed by atoms with Gasteiger partial charge in [-0.2, -0.15) is 0 Å². The van der Waals surface area contributed by atoms with Crippen LogP contribution in [0.15, 0.2) is 42.9 Å². The van der Waals surface area contributed by atoms with Gasteiger partial charge in [0.25, 0.3) is 5.91 Å². The second-order valence-corrected chi connectivity index (χ2v) is 4.43. The first kappa shape index (κ1) is 14.6. The Morgan fingerprint density at radius 2 is 2.00 bits per heavy atom. The van der Waals surface area contributed by atoms with E-state index in [1.165, 1.54) is 12.4 Å². The smallest absolute Gasteiger partial charge is 0.257 e. The Balaban J connectivity index is 1.96. The van der Waals surface area contributed by atoms with Crippen LogP contribution in [0.2, 0.25) is 0 Å². The molecule has 0 aliphatic rings. The molecule has 2 amide bonds. The number of hydrogen-bond acceptors (Lipinski definition) is 4. The van der Waals surface area contributed by atoms with E-state index in [2.05, 4.69) is 20.6 Å². The molecule has 0 aliphatic heterocycles. The fraction of sp³-hybridized carbons (Fsp3) is 0.200. The molecule has 6 heteroatoms. The Morgan fingerprint density at radius 1 is 1.14 bits per heavy atom. The number of pyridine rings is 2. The Labute approximate surface area is 122 Å². The number of nitrogens with zero attached hydrogens (tertiary/aromatic N) is 2. The molecular weight excluding hydrogens is 268 g/mol. The highest BCUT2D eigenvalue weighted by molar-refractivity contribution is 6.04. The van der Waals surface area contributed by atoms with E-state index in [0.29, 0.717) is 23.5 Å². The van der Waals surface area contributed by atoms with Crippen LogP contribution in [0.5, 0.6) is 0 Å². The number of carbonyl (C=O) groups is 2. The second kappa shape index (κ2) is 7.14. The predicted octanol–water partition coefficient (Wildman–Crippen LogP) is 2.47. The number of amides is 2. The van der Waals surface area contributed by atoms with Crippen molar-refractivity contribution in [2.75, 3.05) is 10.6 Å². The van der Waals surface area contributed by atoms with Crippen LogP contribution in [0, 0.1) is 0 Å². The van der Waals surface area contributed by atoms with Crippen LogP contribution in [0.25, 0.3) is 0 Å². The molecule has 0 spiro atoms. The zero-order valence-electron chi connectivity index (χ0n) is 11.7. The van der Waals surface area contributed by atoms with Gasteiger partial charge in [-0.3, -0.25) is 14.6 Å². The second-order valence-electron chi connectivity index (χ2n) is 4.43. The minimum absolute atomic E-state index is 0.0721. The lowest BCUT2D eigenvalue weighted by molar-refractivity contribution is -0.116. The highest BCUT2D eigenvalue weighted by Crippen LogP contribution is 2.11. The highest BCUT2D eigenvalue weighted by Gasteiger charge is 2.06. The average Bonchev–Trinajstić information content (AvgIpc) is 2.50. The number of nitrogens with one attached hydrogen (secondary N) is 2. The quantitative estimate of drug-likeness (QED) is 0.883. The number of rotatable bonds is 5. The topological polar surface area (TPSA) is 84.0 Å². The Kier molecular flexibility index (Phi) is 4.98. The summed E-state index contributed by atoms with van der Waals surface area (Å²) in [5.41, 5.74) is 1.02. The van der Waals surface area contributed by atoms with Crippen LogP contribution in [-0.2, 0) is 4.79 Å². The zero-order valence-corrected chi connectivity index (χ0v) is 11.7. The molecule has 108 valence electrons. The monoisotopic (exact) mass is 284 g/mol. The SMILES string of the molecule is CCCC(=O)Nc1ccc(NC(=O)c2cccnc2)cn1. The minimum atomic E-state index is -0.257. The van der Waals surface area contributed by atoms with Crippen LogP contribution >= 0.6 is 0 Å². The van der Waals surface area contributed by atoms with Crippen molar-refractivity contribution in [1.82, 2.24) is 9.97 Å². The predicted molar refractivity (Wildman–Crippen MR) is 80.0 cm³/mol. The fourth-order valence-electron chi connectivity index (χ4n) is 1.67. The van der Waals surface area contributed by atoms with Gasteiger partial charge in [-0.05, 0) is 30.7 Å². The summed E-state index contributed by atoms with van der Waals surface area (Å²) in [7, 11) is 0. The van der Waals surface area contributed by atoms with Crippen molar-refractivity contribution in [2.45, 2.75) is 19.8 Å². The summed E-state index contributed by atoms with van der Waals surface area (Å²) in [6.45, 7) is 1.93. The van der Waals surface area contributed by atoms with Crippen molar-refractivity contribution < 1.29 is 9.59 Å². The third-order valence-corrected chi connectivity index (χ3v) is 2.69. The van der Waals surface area contributed by atoms with Crippen LogP contribution in [0.4, 0.5) is 11.5 Å². The molecule has 0 radical (unpaired) electrons. The number of aromatic nitrogens is 2. The first-order chi connectivity index (χ1) is 10.2. The van der Waals surface area contributed by atoms with E-state index in [9.17, 15) is 9.59 Å². The van der Waals surface area contributed by atoms with Crippen molar-refractivity contribution in [3.63, 3.8) is 0 Å². The minimum Gasteiger partial charge on any atom is -0.321 e. The largest absolute Gasteiger partial charge is 0.321 e. The number of hydrogen-bond donors (Lipinski definition) is 2. The highest BCUT2D eigenvalue weighted by atomic mass is 16.2. The van der Waals surface area contributed by atoms with Crippen LogP contribution in [0.1, 0.15) is 30.1 Å². The molecule has 2 aromatic heterocycles. The van der Waals surface area contributed by atoms with Crippen molar-refractivity contribution in [3.05, 3.63) is 48.4 Å². The van der Waals surface area contributed by atoms with Gasteiger partial charge in [0, 0.05) is 18.8 Å². The van der Waals surface area contributed by atoms with Crippen molar-refractivity contribution in [1.29, 1.82) is 0 Å². The third-order valence-electron chi connectivity index (χ3n) is 2.69. The van der Waals surface area contributed by atoms with Gasteiger partial charge in [0.1, 0.15) is 5.82 Å². The van der Waals surface area contributed by atoms with Crippen molar-refractivity contribution >= 4 is 23.3 Å². The van der Waals surface area contributed by atoms with Gasteiger partial charge < -0.3 is 10.6 Å². The molecule has 0 atom stereocenters. The molecule has 0 saturated heterocycles. The molecule has 21 heavy (non-hydrogen) atoms. The van der Waals surface area contributed by atoms with E-state index >= 15 is 0 Å². The lowest BCUT2D eigenvalue weighted by atomic mass is 10.2. The van der Waals surface area contributed by atoms with Gasteiger partial charge in [0.05, 0.1) is 17.4 Å². The molecule has 2 aromatic rings. The van der Waals surface area contributed by atoms with E-state index in [4.69, 9.17) is 0 Å². The normalized spacial score (nSPS) is 9.95. The Hall–Kier alpha value is -2.76. The van der Waals surface area contributed by atoms with Crippen molar-refractivity contribution in [2.24, 2.45) is 0 Å². The number of carbonyl (C=O) groups excluding carboxylic acids is 2. The maximum absolute atomic E-state index is 11.9. The lowest BCUT2D eigenvalue weighted by Gasteiger charge is -2.06. The number of anilines is 2. The van der Waals surface area contributed by atoms with Gasteiger partial charge in [0.2, 0.25) is 5.91 Å². The zero-order chi connectivity index (χ0) is 15.1. The summed E-state index contributed by atoms with van der Waals surface area (Å²) in [5.74, 6) is 0.137. The molecule has 0 fully saturated rings. The van der Waals surface area contributed by atoms with E-state index in [1.807, 2.05) is 6.92 Å². The first-order valence-corrected chi connectivity index (χ1v) is 6.66. The molecule has 0 saturated carbocycles. The van der Waals surface area contributed by atoms with Crippen LogP contribution in [-0.4, -0.2) is 21.8 Å². The summed E-state index contributed by atoms with van der Waals surface area (Å²) < 4.78 is 0. The van der Waals surface area contributed by atoms with Gasteiger partial charge >= 0.3 is 0 Å². The first-order valence-electron chi connectivity index (χ1n) is 6.66. The Morgan fingerprint density at radius 3 is 2.62 bits per heavy atom. The fourth-order valence-corrected chi connectivity index (χ4v) is 1.67. The summed E-state index contributed by atoms with van der Waals surface area (Å²) in [5, 5.41) is 5.39. The van der Waals surface area contributed by atoms with E-state index < -0.39 is 0 Å². The standard InChI is InChI=1S/C15H16N4O2/c1-2-4-14(20)19-13-7-6-12(10-17-13)18-15(21)11-5-3-8-16-9-11/h3,5-10H,2,4H2,1H3,(H,18,21)(H,17,19,20). The maximum Gasteiger partial charge on any atom is 0.257 e. The molecule has 2 N–H and O–H groups in total.